The molecular formula is C24H21ClN2O3. The van der Waals surface area contributed by atoms with Gasteiger partial charge in [-0.2, -0.15) is 0 Å². The molecule has 3 rings (SSSR count). The molecule has 5 nitrogen and oxygen atoms in total. The number of anilines is 1. The summed E-state index contributed by atoms with van der Waals surface area (Å²) in [7, 11) is 1.58. The number of nitrogens with one attached hydrogen (secondary N) is 2. The van der Waals surface area contributed by atoms with Gasteiger partial charge in [0.15, 0.2) is 0 Å². The fraction of sp³-hybridized carbons (Fsp3) is 0.0833. The molecule has 0 aromatic heterocycles. The van der Waals surface area contributed by atoms with Gasteiger partial charge in [-0.05, 0) is 67.1 Å². The molecule has 0 saturated carbocycles. The number of benzene rings is 3. The molecule has 3 aromatic carbocycles. The summed E-state index contributed by atoms with van der Waals surface area (Å²) in [4.78, 5) is 25.6. The van der Waals surface area contributed by atoms with Gasteiger partial charge < -0.3 is 15.4 Å². The summed E-state index contributed by atoms with van der Waals surface area (Å²) in [6.45, 7) is 1.97. The molecule has 0 aliphatic heterocycles. The SMILES string of the molecule is COc1ccc(/C=C(/NC(=O)c2ccc(Cl)cc2)C(=O)Nc2ccc(C)cc2)cc1. The van der Waals surface area contributed by atoms with E-state index < -0.39 is 11.8 Å². The van der Waals surface area contributed by atoms with Crippen LogP contribution >= 0.6 is 11.6 Å². The van der Waals surface area contributed by atoms with E-state index in [1.54, 1.807) is 73.8 Å². The quantitative estimate of drug-likeness (QED) is 0.547. The van der Waals surface area contributed by atoms with Crippen molar-refractivity contribution in [3.05, 3.63) is 100 Å². The average Bonchev–Trinajstić information content (AvgIpc) is 2.75. The van der Waals surface area contributed by atoms with Crippen molar-refractivity contribution in [1.29, 1.82) is 0 Å². The number of rotatable bonds is 6. The molecule has 0 aliphatic rings. The van der Waals surface area contributed by atoms with Crippen LogP contribution in [0.15, 0.2) is 78.5 Å². The lowest BCUT2D eigenvalue weighted by atomic mass is 10.1. The minimum atomic E-state index is -0.433. The van der Waals surface area contributed by atoms with Crippen molar-refractivity contribution in [2.75, 3.05) is 12.4 Å². The number of aryl methyl sites for hydroxylation is 1. The second-order valence-corrected chi connectivity index (χ2v) is 7.05. The summed E-state index contributed by atoms with van der Waals surface area (Å²) in [5.41, 5.74) is 2.95. The number of halogens is 1. The highest BCUT2D eigenvalue weighted by atomic mass is 35.5. The number of carbonyl (C=O) groups excluding carboxylic acids is 2. The summed E-state index contributed by atoms with van der Waals surface area (Å²) in [5, 5.41) is 6.03. The van der Waals surface area contributed by atoms with Crippen molar-refractivity contribution in [2.45, 2.75) is 6.92 Å². The van der Waals surface area contributed by atoms with Gasteiger partial charge in [0.25, 0.3) is 11.8 Å². The number of ether oxygens (including phenoxy) is 1. The summed E-state index contributed by atoms with van der Waals surface area (Å²) in [6, 6.07) is 21.0. The molecule has 2 amide bonds. The highest BCUT2D eigenvalue weighted by Gasteiger charge is 2.15. The average molecular weight is 421 g/mol. The number of hydrogen-bond donors (Lipinski definition) is 2. The smallest absolute Gasteiger partial charge is 0.272 e. The number of hydrogen-bond acceptors (Lipinski definition) is 3. The molecule has 0 aliphatic carbocycles. The molecule has 0 saturated heterocycles. The van der Waals surface area contributed by atoms with Crippen molar-refractivity contribution in [3.63, 3.8) is 0 Å². The lowest BCUT2D eigenvalue weighted by molar-refractivity contribution is -0.113. The molecule has 0 spiro atoms. The van der Waals surface area contributed by atoms with E-state index in [2.05, 4.69) is 10.6 Å². The molecule has 6 heteroatoms. The van der Waals surface area contributed by atoms with Crippen LogP contribution in [0.3, 0.4) is 0 Å². The second kappa shape index (κ2) is 9.76. The molecular weight excluding hydrogens is 400 g/mol. The van der Waals surface area contributed by atoms with Gasteiger partial charge in [0.2, 0.25) is 0 Å². The largest absolute Gasteiger partial charge is 0.497 e. The summed E-state index contributed by atoms with van der Waals surface area (Å²) < 4.78 is 5.16. The second-order valence-electron chi connectivity index (χ2n) is 6.61. The van der Waals surface area contributed by atoms with Crippen LogP contribution in [0.4, 0.5) is 5.69 Å². The predicted molar refractivity (Wildman–Crippen MR) is 120 cm³/mol. The Hall–Kier alpha value is -3.57. The van der Waals surface area contributed by atoms with E-state index >= 15 is 0 Å². The Bertz CT molecular complexity index is 1060. The van der Waals surface area contributed by atoms with E-state index in [0.29, 0.717) is 22.0 Å². The van der Waals surface area contributed by atoms with E-state index in [9.17, 15) is 9.59 Å². The first-order chi connectivity index (χ1) is 14.4. The summed E-state index contributed by atoms with van der Waals surface area (Å²) in [5.74, 6) is -0.148. The minimum Gasteiger partial charge on any atom is -0.497 e. The van der Waals surface area contributed by atoms with Crippen LogP contribution in [0.5, 0.6) is 5.75 Å². The van der Waals surface area contributed by atoms with Gasteiger partial charge in [-0.3, -0.25) is 9.59 Å². The van der Waals surface area contributed by atoms with Crippen LogP contribution in [0, 0.1) is 6.92 Å². The lowest BCUT2D eigenvalue weighted by Gasteiger charge is -2.12. The van der Waals surface area contributed by atoms with Crippen LogP contribution in [-0.2, 0) is 4.79 Å². The van der Waals surface area contributed by atoms with Crippen LogP contribution in [0.2, 0.25) is 5.02 Å². The molecule has 152 valence electrons. The first-order valence-corrected chi connectivity index (χ1v) is 9.63. The Balaban J connectivity index is 1.87. The first-order valence-electron chi connectivity index (χ1n) is 9.25. The van der Waals surface area contributed by atoms with Crippen LogP contribution in [0.25, 0.3) is 6.08 Å². The topological polar surface area (TPSA) is 67.4 Å². The van der Waals surface area contributed by atoms with Crippen molar-refractivity contribution >= 4 is 35.2 Å². The molecule has 0 radical (unpaired) electrons. The van der Waals surface area contributed by atoms with E-state index in [1.165, 1.54) is 0 Å². The first kappa shape index (κ1) is 21.1. The number of amides is 2. The van der Waals surface area contributed by atoms with Crippen LogP contribution in [-0.4, -0.2) is 18.9 Å². The van der Waals surface area contributed by atoms with Gasteiger partial charge in [0.1, 0.15) is 11.4 Å². The lowest BCUT2D eigenvalue weighted by Crippen LogP contribution is -2.30. The van der Waals surface area contributed by atoms with E-state index in [4.69, 9.17) is 16.3 Å². The third kappa shape index (κ3) is 5.72. The molecule has 0 unspecified atom stereocenters. The van der Waals surface area contributed by atoms with Gasteiger partial charge >= 0.3 is 0 Å². The fourth-order valence-electron chi connectivity index (χ4n) is 2.66. The Morgan fingerprint density at radius 2 is 1.53 bits per heavy atom. The van der Waals surface area contributed by atoms with Gasteiger partial charge in [0.05, 0.1) is 7.11 Å². The zero-order valence-corrected chi connectivity index (χ0v) is 17.4. The number of carbonyl (C=O) groups is 2. The monoisotopic (exact) mass is 420 g/mol. The predicted octanol–water partition coefficient (Wildman–Crippen LogP) is 5.07. The zero-order valence-electron chi connectivity index (χ0n) is 16.6. The van der Waals surface area contributed by atoms with Crippen LogP contribution in [0.1, 0.15) is 21.5 Å². The third-order valence-corrected chi connectivity index (χ3v) is 4.59. The molecule has 0 atom stereocenters. The van der Waals surface area contributed by atoms with E-state index in [-0.39, 0.29) is 5.70 Å². The Kier molecular flexibility index (Phi) is 6.88. The highest BCUT2D eigenvalue weighted by Crippen LogP contribution is 2.16. The van der Waals surface area contributed by atoms with Gasteiger partial charge in [-0.1, -0.05) is 41.4 Å². The van der Waals surface area contributed by atoms with Crippen molar-refractivity contribution < 1.29 is 14.3 Å². The standard InChI is InChI=1S/C24H21ClN2O3/c1-16-3-11-20(12-4-16)26-24(29)22(15-17-5-13-21(30-2)14-6-17)27-23(28)18-7-9-19(25)10-8-18/h3-15H,1-2H3,(H,26,29)(H,27,28)/b22-15+. The fourth-order valence-corrected chi connectivity index (χ4v) is 2.78. The zero-order chi connectivity index (χ0) is 21.5. The van der Waals surface area contributed by atoms with Crippen molar-refractivity contribution in [2.24, 2.45) is 0 Å². The molecule has 2 N–H and O–H groups in total. The molecule has 0 heterocycles. The van der Waals surface area contributed by atoms with Gasteiger partial charge in [-0.25, -0.2) is 0 Å². The Morgan fingerprint density at radius 3 is 2.13 bits per heavy atom. The third-order valence-electron chi connectivity index (χ3n) is 4.34. The maximum atomic E-state index is 12.9. The number of methoxy groups -OCH3 is 1. The van der Waals surface area contributed by atoms with Gasteiger partial charge in [-0.15, -0.1) is 0 Å². The Labute approximate surface area is 180 Å². The highest BCUT2D eigenvalue weighted by molar-refractivity contribution is 6.30. The van der Waals surface area contributed by atoms with Crippen molar-refractivity contribution in [3.8, 4) is 5.75 Å². The Morgan fingerprint density at radius 1 is 0.900 bits per heavy atom. The molecule has 0 fully saturated rings. The molecule has 0 bridgehead atoms. The maximum Gasteiger partial charge on any atom is 0.272 e. The normalized spacial score (nSPS) is 11.0. The van der Waals surface area contributed by atoms with Gasteiger partial charge in [0, 0.05) is 16.3 Å². The summed E-state index contributed by atoms with van der Waals surface area (Å²) in [6.07, 6.45) is 1.61. The summed E-state index contributed by atoms with van der Waals surface area (Å²) >= 11 is 5.89. The molecule has 3 aromatic rings. The minimum absolute atomic E-state index is 0.112. The van der Waals surface area contributed by atoms with Crippen molar-refractivity contribution in [1.82, 2.24) is 5.32 Å². The maximum absolute atomic E-state index is 12.9. The van der Waals surface area contributed by atoms with E-state index in [0.717, 1.165) is 11.1 Å². The van der Waals surface area contributed by atoms with E-state index in [1.807, 2.05) is 19.1 Å². The van der Waals surface area contributed by atoms with Crippen LogP contribution < -0.4 is 15.4 Å². The molecule has 30 heavy (non-hydrogen) atoms.